The monoisotopic (exact) mass is 326 g/mol. The number of nitrogens with zero attached hydrogens (tertiary/aromatic N) is 2. The molecule has 25 heavy (non-hydrogen) atoms. The molecule has 3 heteroatoms. The molecule has 0 unspecified atom stereocenters. The minimum atomic E-state index is 0.566. The molecule has 0 aliphatic rings. The van der Waals surface area contributed by atoms with Crippen LogP contribution in [0.1, 0.15) is 18.1 Å². The Hall–Kier alpha value is -3.25. The van der Waals surface area contributed by atoms with Gasteiger partial charge in [-0.25, -0.2) is 0 Å². The van der Waals surface area contributed by atoms with E-state index in [1.807, 2.05) is 24.3 Å². The molecule has 1 heterocycles. The van der Waals surface area contributed by atoms with Gasteiger partial charge in [-0.3, -0.25) is 0 Å². The van der Waals surface area contributed by atoms with Crippen LogP contribution in [0.2, 0.25) is 0 Å². The van der Waals surface area contributed by atoms with Crippen LogP contribution in [0.15, 0.2) is 65.1 Å². The van der Waals surface area contributed by atoms with Gasteiger partial charge in [-0.15, -0.1) is 0 Å². The third-order valence-electron chi connectivity index (χ3n) is 4.72. The topological polar surface area (TPSA) is 40.2 Å². The van der Waals surface area contributed by atoms with E-state index >= 15 is 0 Å². The van der Waals surface area contributed by atoms with E-state index in [-0.39, 0.29) is 0 Å². The molecule has 3 nitrogen and oxygen atoms in total. The van der Waals surface area contributed by atoms with Crippen LogP contribution in [0.4, 0.5) is 11.4 Å². The van der Waals surface area contributed by atoms with Crippen LogP contribution in [0, 0.1) is 11.3 Å². The highest BCUT2D eigenvalue weighted by molar-refractivity contribution is 6.10. The Kier molecular flexibility index (Phi) is 3.66. The highest BCUT2D eigenvalue weighted by Crippen LogP contribution is 2.38. The Morgan fingerprint density at radius 3 is 2.32 bits per heavy atom. The van der Waals surface area contributed by atoms with Gasteiger partial charge in [-0.05, 0) is 30.2 Å². The zero-order chi connectivity index (χ0) is 17.4. The summed E-state index contributed by atoms with van der Waals surface area (Å²) in [4.78, 5) is 2.16. The average molecular weight is 326 g/mol. The van der Waals surface area contributed by atoms with Gasteiger partial charge in [0, 0.05) is 23.5 Å². The average Bonchev–Trinajstić information content (AvgIpc) is 3.06. The lowest BCUT2D eigenvalue weighted by Crippen LogP contribution is -2.11. The Morgan fingerprint density at radius 2 is 1.56 bits per heavy atom. The maximum Gasteiger partial charge on any atom is 0.159 e. The van der Waals surface area contributed by atoms with Crippen molar-refractivity contribution in [3.8, 4) is 6.07 Å². The van der Waals surface area contributed by atoms with Crippen molar-refractivity contribution in [1.29, 1.82) is 5.26 Å². The van der Waals surface area contributed by atoms with Crippen LogP contribution in [-0.4, -0.2) is 7.05 Å². The smallest absolute Gasteiger partial charge is 0.159 e. The second-order valence-corrected chi connectivity index (χ2v) is 6.09. The highest BCUT2D eigenvalue weighted by Gasteiger charge is 2.17. The molecule has 0 fully saturated rings. The number of anilines is 2. The number of hydrogen-bond acceptors (Lipinski definition) is 3. The standard InChI is InChI=1S/C22H18N2O/c1-3-15-8-4-5-12-19(15)24(2)20-13-7-11-18-17-10-6-9-16(14-23)21(17)25-22(18)20/h4-13H,3H2,1-2H3. The largest absolute Gasteiger partial charge is 0.452 e. The molecular formula is C22H18N2O. The van der Waals surface area contributed by atoms with E-state index in [4.69, 9.17) is 4.42 Å². The predicted molar refractivity (Wildman–Crippen MR) is 102 cm³/mol. The van der Waals surface area contributed by atoms with Crippen LogP contribution in [0.3, 0.4) is 0 Å². The number of nitriles is 1. The first-order valence-corrected chi connectivity index (χ1v) is 8.40. The summed E-state index contributed by atoms with van der Waals surface area (Å²) in [5.74, 6) is 0. The van der Waals surface area contributed by atoms with Gasteiger partial charge in [0.15, 0.2) is 11.2 Å². The minimum absolute atomic E-state index is 0.566. The van der Waals surface area contributed by atoms with Crippen molar-refractivity contribution in [1.82, 2.24) is 0 Å². The van der Waals surface area contributed by atoms with E-state index in [1.165, 1.54) is 11.3 Å². The van der Waals surface area contributed by atoms with E-state index in [0.29, 0.717) is 11.1 Å². The number of furan rings is 1. The first-order chi connectivity index (χ1) is 12.2. The number of hydrogen-bond donors (Lipinski definition) is 0. The maximum atomic E-state index is 9.37. The molecule has 0 radical (unpaired) electrons. The maximum absolute atomic E-state index is 9.37. The molecule has 0 N–H and O–H groups in total. The van der Waals surface area contributed by atoms with Crippen LogP contribution < -0.4 is 4.90 Å². The number of fused-ring (bicyclic) bond motifs is 3. The van der Waals surface area contributed by atoms with Crippen LogP contribution >= 0.6 is 0 Å². The second-order valence-electron chi connectivity index (χ2n) is 6.09. The van der Waals surface area contributed by atoms with Crippen molar-refractivity contribution in [3.63, 3.8) is 0 Å². The molecule has 0 bridgehead atoms. The van der Waals surface area contributed by atoms with E-state index < -0.39 is 0 Å². The first-order valence-electron chi connectivity index (χ1n) is 8.40. The SMILES string of the molecule is CCc1ccccc1N(C)c1cccc2c1oc1c(C#N)cccc12. The van der Waals surface area contributed by atoms with Crippen LogP contribution in [0.25, 0.3) is 21.9 Å². The van der Waals surface area contributed by atoms with E-state index in [0.717, 1.165) is 28.5 Å². The normalized spacial score (nSPS) is 10.9. The molecule has 3 aromatic carbocycles. The zero-order valence-electron chi connectivity index (χ0n) is 14.3. The van der Waals surface area contributed by atoms with Crippen LogP contribution in [0.5, 0.6) is 0 Å². The van der Waals surface area contributed by atoms with Gasteiger partial charge in [0.05, 0.1) is 11.3 Å². The fourth-order valence-corrected chi connectivity index (χ4v) is 3.42. The van der Waals surface area contributed by atoms with Crippen molar-refractivity contribution < 1.29 is 4.42 Å². The molecular weight excluding hydrogens is 308 g/mol. The summed E-state index contributed by atoms with van der Waals surface area (Å²) < 4.78 is 6.16. The molecule has 1 aromatic heterocycles. The quantitative estimate of drug-likeness (QED) is 0.478. The van der Waals surface area contributed by atoms with Gasteiger partial charge >= 0.3 is 0 Å². The van der Waals surface area contributed by atoms with Crippen molar-refractivity contribution in [2.24, 2.45) is 0 Å². The summed E-state index contributed by atoms with van der Waals surface area (Å²) in [6.07, 6.45) is 0.967. The molecule has 0 aliphatic carbocycles. The summed E-state index contributed by atoms with van der Waals surface area (Å²) in [6.45, 7) is 2.16. The highest BCUT2D eigenvalue weighted by atomic mass is 16.3. The van der Waals surface area contributed by atoms with Gasteiger partial charge in [-0.2, -0.15) is 5.26 Å². The molecule has 4 aromatic rings. The first kappa shape index (κ1) is 15.3. The van der Waals surface area contributed by atoms with Gasteiger partial charge in [0.2, 0.25) is 0 Å². The van der Waals surface area contributed by atoms with Gasteiger partial charge in [0.25, 0.3) is 0 Å². The van der Waals surface area contributed by atoms with Gasteiger partial charge in [-0.1, -0.05) is 49.4 Å². The van der Waals surface area contributed by atoms with Crippen molar-refractivity contribution >= 4 is 33.3 Å². The second kappa shape index (κ2) is 5.99. The van der Waals surface area contributed by atoms with Gasteiger partial charge < -0.3 is 9.32 Å². The summed E-state index contributed by atoms with van der Waals surface area (Å²) in [7, 11) is 2.06. The third-order valence-corrected chi connectivity index (χ3v) is 4.72. The molecule has 0 spiro atoms. The van der Waals surface area contributed by atoms with E-state index in [1.54, 1.807) is 6.07 Å². The Labute approximate surface area is 146 Å². The third kappa shape index (κ3) is 2.35. The Bertz CT molecular complexity index is 1120. The van der Waals surface area contributed by atoms with Crippen molar-refractivity contribution in [2.45, 2.75) is 13.3 Å². The van der Waals surface area contributed by atoms with Crippen LogP contribution in [-0.2, 0) is 6.42 Å². The molecule has 0 atom stereocenters. The lowest BCUT2D eigenvalue weighted by molar-refractivity contribution is 0.667. The fourth-order valence-electron chi connectivity index (χ4n) is 3.42. The Morgan fingerprint density at radius 1 is 0.880 bits per heavy atom. The number of benzene rings is 3. The zero-order valence-corrected chi connectivity index (χ0v) is 14.3. The van der Waals surface area contributed by atoms with Gasteiger partial charge in [0.1, 0.15) is 6.07 Å². The lowest BCUT2D eigenvalue weighted by Gasteiger charge is -2.22. The molecule has 0 saturated heterocycles. The fraction of sp³-hybridized carbons (Fsp3) is 0.136. The summed E-state index contributed by atoms with van der Waals surface area (Å²) in [5, 5.41) is 11.4. The van der Waals surface area contributed by atoms with Crippen molar-refractivity contribution in [3.05, 3.63) is 71.8 Å². The van der Waals surface area contributed by atoms with Crippen molar-refractivity contribution in [2.75, 3.05) is 11.9 Å². The molecule has 4 rings (SSSR count). The lowest BCUT2D eigenvalue weighted by atomic mass is 10.1. The molecule has 0 aliphatic heterocycles. The summed E-state index contributed by atoms with van der Waals surface area (Å²) in [6, 6.07) is 22.5. The molecule has 0 amide bonds. The predicted octanol–water partition coefficient (Wildman–Crippen LogP) is 5.79. The number of aryl methyl sites for hydroxylation is 1. The summed E-state index contributed by atoms with van der Waals surface area (Å²) in [5.41, 5.74) is 5.49. The Balaban J connectivity index is 1.98. The number of para-hydroxylation sites is 3. The van der Waals surface area contributed by atoms with E-state index in [2.05, 4.69) is 55.3 Å². The number of rotatable bonds is 3. The molecule has 0 saturated carbocycles. The summed E-state index contributed by atoms with van der Waals surface area (Å²) >= 11 is 0. The molecule has 122 valence electrons. The minimum Gasteiger partial charge on any atom is -0.452 e. The van der Waals surface area contributed by atoms with E-state index in [9.17, 15) is 5.26 Å².